The van der Waals surface area contributed by atoms with E-state index in [1.165, 1.54) is 11.3 Å². The molecule has 1 aromatic carbocycles. The van der Waals surface area contributed by atoms with Gasteiger partial charge in [-0.1, -0.05) is 12.1 Å². The molecule has 0 N–H and O–H groups in total. The van der Waals surface area contributed by atoms with Gasteiger partial charge in [0, 0.05) is 18.7 Å². The van der Waals surface area contributed by atoms with Gasteiger partial charge in [-0.3, -0.25) is 4.79 Å². The minimum atomic E-state index is 0.00924. The van der Waals surface area contributed by atoms with E-state index in [2.05, 4.69) is 17.2 Å². The average Bonchev–Trinajstić information content (AvgIpc) is 3.31. The molecule has 0 saturated carbocycles. The Labute approximate surface area is 143 Å². The fraction of sp³-hybridized carbons (Fsp3) is 0.294. The van der Waals surface area contributed by atoms with Gasteiger partial charge in [0.05, 0.1) is 29.9 Å². The van der Waals surface area contributed by atoms with Gasteiger partial charge in [-0.15, -0.1) is 11.3 Å². The number of rotatable bonds is 2. The first-order chi connectivity index (χ1) is 11.7. The molecule has 3 heterocycles. The van der Waals surface area contributed by atoms with Crippen LogP contribution in [0.15, 0.2) is 24.3 Å². The van der Waals surface area contributed by atoms with Crippen molar-refractivity contribution in [3.63, 3.8) is 0 Å². The van der Waals surface area contributed by atoms with Crippen molar-refractivity contribution >= 4 is 17.2 Å². The molecule has 1 fully saturated rings. The number of carbonyl (C=O) groups excluding carboxylic acids is 1. The molecule has 2 aliphatic heterocycles. The Morgan fingerprint density at radius 1 is 1.33 bits per heavy atom. The van der Waals surface area contributed by atoms with Crippen LogP contribution in [0.25, 0.3) is 10.6 Å². The quantitative estimate of drug-likeness (QED) is 0.786. The number of carbonyl (C=O) groups is 1. The van der Waals surface area contributed by atoms with Gasteiger partial charge in [0.1, 0.15) is 9.88 Å². The molecule has 1 aromatic heterocycles. The van der Waals surface area contributed by atoms with Gasteiger partial charge < -0.3 is 9.80 Å². The van der Waals surface area contributed by atoms with Gasteiger partial charge in [-0.05, 0) is 18.6 Å². The minimum Gasteiger partial charge on any atom is -0.327 e. The van der Waals surface area contributed by atoms with Crippen molar-refractivity contribution < 1.29 is 4.79 Å². The van der Waals surface area contributed by atoms with Crippen molar-refractivity contribution in [3.8, 4) is 22.8 Å². The van der Waals surface area contributed by atoms with Crippen LogP contribution in [0.1, 0.15) is 27.3 Å². The van der Waals surface area contributed by atoms with Crippen molar-refractivity contribution in [1.29, 1.82) is 10.5 Å². The fourth-order valence-corrected chi connectivity index (χ4v) is 4.24. The maximum absolute atomic E-state index is 12.7. The molecule has 7 heteroatoms. The number of hydrogen-bond donors (Lipinski definition) is 0. The molecule has 0 radical (unpaired) electrons. The highest BCUT2D eigenvalue weighted by atomic mass is 32.1. The summed E-state index contributed by atoms with van der Waals surface area (Å²) in [5, 5.41) is 18.8. The van der Waals surface area contributed by atoms with Crippen LogP contribution in [0.3, 0.4) is 0 Å². The van der Waals surface area contributed by atoms with Crippen LogP contribution in [0.5, 0.6) is 0 Å². The van der Waals surface area contributed by atoms with Gasteiger partial charge >= 0.3 is 0 Å². The van der Waals surface area contributed by atoms with Crippen LogP contribution in [-0.2, 0) is 6.54 Å². The second kappa shape index (κ2) is 5.63. The lowest BCUT2D eigenvalue weighted by atomic mass is 10.1. The number of amides is 1. The van der Waals surface area contributed by atoms with E-state index >= 15 is 0 Å². The molecule has 1 unspecified atom stereocenters. The molecule has 1 amide bonds. The van der Waals surface area contributed by atoms with Gasteiger partial charge in [0.2, 0.25) is 0 Å². The van der Waals surface area contributed by atoms with E-state index in [4.69, 9.17) is 10.5 Å². The lowest BCUT2D eigenvalue weighted by Crippen LogP contribution is -2.37. The number of likely N-dealkylation sites (tertiary alicyclic amines) is 1. The average molecular weight is 335 g/mol. The minimum absolute atomic E-state index is 0.00924. The highest BCUT2D eigenvalue weighted by molar-refractivity contribution is 7.17. The number of nitriles is 2. The van der Waals surface area contributed by atoms with Crippen LogP contribution >= 0.6 is 11.3 Å². The number of hydrogen-bond acceptors (Lipinski definition) is 6. The van der Waals surface area contributed by atoms with Crippen LogP contribution in [0.2, 0.25) is 0 Å². The number of thiazole rings is 1. The monoisotopic (exact) mass is 335 g/mol. The summed E-state index contributed by atoms with van der Waals surface area (Å²) in [6.07, 6.45) is 2.97. The summed E-state index contributed by atoms with van der Waals surface area (Å²) in [7, 11) is 0. The SMILES string of the molecule is N#Cc1cccc(-c2nc3c(s2)C(=O)N(C2CCN(C#N)C2)C3)c1. The lowest BCUT2D eigenvalue weighted by Gasteiger charge is -2.22. The van der Waals surface area contributed by atoms with Gasteiger partial charge in [-0.2, -0.15) is 10.5 Å². The van der Waals surface area contributed by atoms with Crippen molar-refractivity contribution in [1.82, 2.24) is 14.8 Å². The Kier molecular flexibility index (Phi) is 3.44. The molecule has 0 aliphatic carbocycles. The summed E-state index contributed by atoms with van der Waals surface area (Å²) in [4.78, 5) is 21.5. The molecular formula is C17H13N5OS. The van der Waals surface area contributed by atoms with Gasteiger partial charge in [-0.25, -0.2) is 4.98 Å². The Morgan fingerprint density at radius 3 is 2.92 bits per heavy atom. The van der Waals surface area contributed by atoms with E-state index in [1.54, 1.807) is 17.0 Å². The van der Waals surface area contributed by atoms with E-state index in [1.807, 2.05) is 17.0 Å². The molecule has 24 heavy (non-hydrogen) atoms. The summed E-state index contributed by atoms with van der Waals surface area (Å²) in [5.74, 6) is 0.00924. The van der Waals surface area contributed by atoms with E-state index in [0.717, 1.165) is 22.7 Å². The third kappa shape index (κ3) is 2.31. The molecule has 2 aromatic rings. The van der Waals surface area contributed by atoms with Crippen LogP contribution in [0, 0.1) is 22.8 Å². The normalized spacial score (nSPS) is 19.2. The second-order valence-corrected chi connectivity index (χ2v) is 6.91. The summed E-state index contributed by atoms with van der Waals surface area (Å²) in [5.41, 5.74) is 2.25. The molecule has 2 aliphatic rings. The maximum Gasteiger partial charge on any atom is 0.266 e. The first-order valence-electron chi connectivity index (χ1n) is 7.65. The summed E-state index contributed by atoms with van der Waals surface area (Å²) < 4.78 is 0. The lowest BCUT2D eigenvalue weighted by molar-refractivity contribution is 0.0714. The zero-order chi connectivity index (χ0) is 16.7. The first kappa shape index (κ1) is 14.7. The number of aromatic nitrogens is 1. The van der Waals surface area contributed by atoms with Crippen LogP contribution < -0.4 is 0 Å². The summed E-state index contributed by atoms with van der Waals surface area (Å²) in [6.45, 7) is 1.82. The zero-order valence-electron chi connectivity index (χ0n) is 12.8. The van der Waals surface area contributed by atoms with E-state index in [-0.39, 0.29) is 11.9 Å². The van der Waals surface area contributed by atoms with Crippen molar-refractivity contribution in [2.45, 2.75) is 19.0 Å². The Hall–Kier alpha value is -2.90. The second-order valence-electron chi connectivity index (χ2n) is 5.91. The van der Waals surface area contributed by atoms with E-state index < -0.39 is 0 Å². The molecule has 4 rings (SSSR count). The van der Waals surface area contributed by atoms with Crippen LogP contribution in [-0.4, -0.2) is 39.8 Å². The molecule has 1 atom stereocenters. The third-order valence-corrected chi connectivity index (χ3v) is 5.59. The predicted molar refractivity (Wildman–Crippen MR) is 87.7 cm³/mol. The van der Waals surface area contributed by atoms with E-state index in [0.29, 0.717) is 30.1 Å². The van der Waals surface area contributed by atoms with Gasteiger partial charge in [0.25, 0.3) is 5.91 Å². The fourth-order valence-electron chi connectivity index (χ4n) is 3.22. The van der Waals surface area contributed by atoms with E-state index in [9.17, 15) is 4.79 Å². The first-order valence-corrected chi connectivity index (χ1v) is 8.47. The van der Waals surface area contributed by atoms with Gasteiger partial charge in [0.15, 0.2) is 6.19 Å². The maximum atomic E-state index is 12.7. The highest BCUT2D eigenvalue weighted by Gasteiger charge is 2.38. The molecular weight excluding hydrogens is 322 g/mol. The topological polar surface area (TPSA) is 84.0 Å². The summed E-state index contributed by atoms with van der Waals surface area (Å²) >= 11 is 1.38. The number of nitrogens with zero attached hydrogens (tertiary/aromatic N) is 5. The Bertz CT molecular complexity index is 906. The Morgan fingerprint density at radius 2 is 2.21 bits per heavy atom. The summed E-state index contributed by atoms with van der Waals surface area (Å²) in [6, 6.07) is 9.47. The number of benzene rings is 1. The third-order valence-electron chi connectivity index (χ3n) is 4.46. The molecule has 118 valence electrons. The standard InChI is InChI=1S/C17H13N5OS/c18-7-11-2-1-3-12(6-11)16-20-14-9-22(17(23)15(14)24-16)13-4-5-21(8-13)10-19/h1-3,6,13H,4-5,8-9H2. The number of fused-ring (bicyclic) bond motifs is 1. The largest absolute Gasteiger partial charge is 0.327 e. The molecule has 0 spiro atoms. The Balaban J connectivity index is 1.58. The van der Waals surface area contributed by atoms with Crippen molar-refractivity contribution in [3.05, 3.63) is 40.4 Å². The molecule has 6 nitrogen and oxygen atoms in total. The highest BCUT2D eigenvalue weighted by Crippen LogP contribution is 2.35. The van der Waals surface area contributed by atoms with Crippen molar-refractivity contribution in [2.75, 3.05) is 13.1 Å². The predicted octanol–water partition coefficient (Wildman–Crippen LogP) is 2.19. The van der Waals surface area contributed by atoms with Crippen molar-refractivity contribution in [2.24, 2.45) is 0 Å². The zero-order valence-corrected chi connectivity index (χ0v) is 13.6. The smallest absolute Gasteiger partial charge is 0.266 e. The molecule has 0 bridgehead atoms. The van der Waals surface area contributed by atoms with Crippen LogP contribution in [0.4, 0.5) is 0 Å². The molecule has 1 saturated heterocycles.